The topological polar surface area (TPSA) is 61.8 Å². The monoisotopic (exact) mass is 281 g/mol. The van der Waals surface area contributed by atoms with Gasteiger partial charge in [0.2, 0.25) is 0 Å². The summed E-state index contributed by atoms with van der Waals surface area (Å²) in [6, 6.07) is 5.75. The van der Waals surface area contributed by atoms with E-state index in [1.54, 1.807) is 6.07 Å². The molecule has 0 aliphatic heterocycles. The Balaban J connectivity index is 2.45. The van der Waals surface area contributed by atoms with E-state index in [9.17, 15) is 17.6 Å². The summed E-state index contributed by atoms with van der Waals surface area (Å²) in [6.07, 6.45) is 0. The summed E-state index contributed by atoms with van der Waals surface area (Å²) in [5, 5.41) is 10.9. The van der Waals surface area contributed by atoms with E-state index in [2.05, 4.69) is 5.32 Å². The molecule has 0 radical (unpaired) electrons. The zero-order valence-corrected chi connectivity index (χ0v) is 9.85. The molecule has 7 heteroatoms. The Bertz CT molecular complexity index is 696. The van der Waals surface area contributed by atoms with Crippen molar-refractivity contribution in [3.05, 3.63) is 53.1 Å². The highest BCUT2D eigenvalue weighted by molar-refractivity contribution is 5.68. The van der Waals surface area contributed by atoms with Gasteiger partial charge in [0, 0.05) is 11.8 Å². The van der Waals surface area contributed by atoms with Crippen molar-refractivity contribution < 1.29 is 17.6 Å². The molecule has 3 N–H and O–H groups in total. The molecule has 20 heavy (non-hydrogen) atoms. The number of nitrogen functional groups attached to an aromatic ring is 1. The maximum atomic E-state index is 13.4. The van der Waals surface area contributed by atoms with Gasteiger partial charge in [0.05, 0.1) is 11.3 Å². The van der Waals surface area contributed by atoms with Crippen LogP contribution in [0.15, 0.2) is 24.3 Å². The van der Waals surface area contributed by atoms with Gasteiger partial charge in [-0.25, -0.2) is 17.6 Å². The molecule has 0 bridgehead atoms. The Labute approximate surface area is 111 Å². The number of anilines is 3. The number of nitriles is 1. The first-order valence-electron chi connectivity index (χ1n) is 5.33. The lowest BCUT2D eigenvalue weighted by Crippen LogP contribution is -2.03. The molecule has 0 saturated carbocycles. The molecule has 0 aliphatic rings. The van der Waals surface area contributed by atoms with Crippen molar-refractivity contribution in [2.75, 3.05) is 11.1 Å². The highest BCUT2D eigenvalue weighted by Crippen LogP contribution is 2.28. The number of nitrogens with two attached hydrogens (primary N) is 1. The van der Waals surface area contributed by atoms with E-state index in [1.807, 2.05) is 0 Å². The van der Waals surface area contributed by atoms with Gasteiger partial charge in [-0.3, -0.25) is 0 Å². The quantitative estimate of drug-likeness (QED) is 0.503. The molecule has 2 rings (SSSR count). The third-order valence-electron chi connectivity index (χ3n) is 2.55. The van der Waals surface area contributed by atoms with E-state index >= 15 is 0 Å². The second-order valence-corrected chi connectivity index (χ2v) is 3.88. The zero-order chi connectivity index (χ0) is 14.9. The van der Waals surface area contributed by atoms with Crippen LogP contribution in [0, 0.1) is 34.6 Å². The fourth-order valence-electron chi connectivity index (χ4n) is 1.57. The van der Waals surface area contributed by atoms with E-state index in [4.69, 9.17) is 11.0 Å². The summed E-state index contributed by atoms with van der Waals surface area (Å²) >= 11 is 0. The van der Waals surface area contributed by atoms with Crippen LogP contribution in [0.5, 0.6) is 0 Å². The highest BCUT2D eigenvalue weighted by atomic mass is 19.2. The smallest absolute Gasteiger partial charge is 0.185 e. The average molecular weight is 281 g/mol. The van der Waals surface area contributed by atoms with Gasteiger partial charge in [-0.05, 0) is 18.2 Å². The molecular weight excluding hydrogens is 274 g/mol. The first kappa shape index (κ1) is 13.7. The molecule has 0 heterocycles. The molecule has 0 aliphatic carbocycles. The van der Waals surface area contributed by atoms with Gasteiger partial charge in [0.15, 0.2) is 23.3 Å². The minimum absolute atomic E-state index is 0.0650. The first-order chi connectivity index (χ1) is 9.43. The Kier molecular flexibility index (Phi) is 3.48. The average Bonchev–Trinajstić information content (AvgIpc) is 2.41. The van der Waals surface area contributed by atoms with E-state index in [1.165, 1.54) is 18.2 Å². The van der Waals surface area contributed by atoms with Gasteiger partial charge < -0.3 is 11.1 Å². The van der Waals surface area contributed by atoms with Crippen LogP contribution in [0.3, 0.4) is 0 Å². The number of nitrogens with one attached hydrogen (secondary N) is 1. The summed E-state index contributed by atoms with van der Waals surface area (Å²) < 4.78 is 53.0. The Morgan fingerprint density at radius 1 is 1.00 bits per heavy atom. The fourth-order valence-corrected chi connectivity index (χ4v) is 1.57. The lowest BCUT2D eigenvalue weighted by atomic mass is 10.1. The molecule has 2 aromatic rings. The van der Waals surface area contributed by atoms with Crippen molar-refractivity contribution in [2.45, 2.75) is 0 Å². The van der Waals surface area contributed by atoms with Gasteiger partial charge in [-0.15, -0.1) is 0 Å². The lowest BCUT2D eigenvalue weighted by Gasteiger charge is -2.11. The van der Waals surface area contributed by atoms with Gasteiger partial charge in [0.25, 0.3) is 0 Å². The van der Waals surface area contributed by atoms with Crippen molar-refractivity contribution in [3.8, 4) is 6.07 Å². The molecule has 0 amide bonds. The maximum absolute atomic E-state index is 13.4. The van der Waals surface area contributed by atoms with Crippen LogP contribution in [0.25, 0.3) is 0 Å². The fraction of sp³-hybridized carbons (Fsp3) is 0. The molecule has 2 aromatic carbocycles. The third-order valence-corrected chi connectivity index (χ3v) is 2.55. The van der Waals surface area contributed by atoms with E-state index in [0.717, 1.165) is 0 Å². The van der Waals surface area contributed by atoms with E-state index < -0.39 is 29.0 Å². The van der Waals surface area contributed by atoms with Gasteiger partial charge in [-0.2, -0.15) is 5.26 Å². The Morgan fingerprint density at radius 2 is 1.60 bits per heavy atom. The number of hydrogen-bond acceptors (Lipinski definition) is 3. The van der Waals surface area contributed by atoms with Crippen molar-refractivity contribution >= 4 is 17.1 Å². The second-order valence-electron chi connectivity index (χ2n) is 3.88. The van der Waals surface area contributed by atoms with Crippen LogP contribution in [0.1, 0.15) is 5.56 Å². The summed E-state index contributed by atoms with van der Waals surface area (Å²) in [5.74, 6) is -6.14. The summed E-state index contributed by atoms with van der Waals surface area (Å²) in [7, 11) is 0. The molecule has 0 aromatic heterocycles. The molecule has 0 spiro atoms. The van der Waals surface area contributed by atoms with Gasteiger partial charge in [-0.1, -0.05) is 0 Å². The van der Waals surface area contributed by atoms with E-state index in [-0.39, 0.29) is 23.0 Å². The predicted octanol–water partition coefficient (Wildman–Crippen LogP) is 3.44. The lowest BCUT2D eigenvalue weighted by molar-refractivity contribution is 0.459. The van der Waals surface area contributed by atoms with Crippen molar-refractivity contribution in [3.63, 3.8) is 0 Å². The number of benzene rings is 2. The van der Waals surface area contributed by atoms with Crippen molar-refractivity contribution in [2.24, 2.45) is 0 Å². The minimum Gasteiger partial charge on any atom is -0.398 e. The van der Waals surface area contributed by atoms with Gasteiger partial charge in [0.1, 0.15) is 11.8 Å². The van der Waals surface area contributed by atoms with Crippen LogP contribution in [-0.4, -0.2) is 0 Å². The highest BCUT2D eigenvalue weighted by Gasteiger charge is 2.19. The molecule has 0 atom stereocenters. The minimum atomic E-state index is -1.55. The first-order valence-corrected chi connectivity index (χ1v) is 5.33. The molecule has 102 valence electrons. The number of nitrogens with zero attached hydrogens (tertiary/aromatic N) is 1. The van der Waals surface area contributed by atoms with Crippen LogP contribution in [0.4, 0.5) is 34.6 Å². The van der Waals surface area contributed by atoms with Crippen LogP contribution >= 0.6 is 0 Å². The normalized spacial score (nSPS) is 10.2. The zero-order valence-electron chi connectivity index (χ0n) is 9.85. The predicted molar refractivity (Wildman–Crippen MR) is 65.1 cm³/mol. The van der Waals surface area contributed by atoms with Crippen LogP contribution in [0.2, 0.25) is 0 Å². The van der Waals surface area contributed by atoms with Crippen molar-refractivity contribution in [1.29, 1.82) is 5.26 Å². The maximum Gasteiger partial charge on any atom is 0.185 e. The molecule has 0 saturated heterocycles. The summed E-state index contributed by atoms with van der Waals surface area (Å²) in [4.78, 5) is 0. The Morgan fingerprint density at radius 3 is 2.10 bits per heavy atom. The van der Waals surface area contributed by atoms with Crippen molar-refractivity contribution in [1.82, 2.24) is 0 Å². The van der Waals surface area contributed by atoms with Gasteiger partial charge >= 0.3 is 0 Å². The number of hydrogen-bond donors (Lipinski definition) is 2. The third kappa shape index (κ3) is 2.36. The molecule has 0 unspecified atom stereocenters. The van der Waals surface area contributed by atoms with Crippen LogP contribution in [-0.2, 0) is 0 Å². The second kappa shape index (κ2) is 5.09. The molecule has 0 fully saturated rings. The molecule has 3 nitrogen and oxygen atoms in total. The molecular formula is C13H7F4N3. The van der Waals surface area contributed by atoms with Crippen LogP contribution < -0.4 is 11.1 Å². The standard InChI is InChI=1S/C13H7F4N3/c14-8-4-9(15)12(17)13(11(8)16)20-7-2-1-6(5-18)10(19)3-7/h1-4,20H,19H2. The van der Waals surface area contributed by atoms with E-state index in [0.29, 0.717) is 0 Å². The Hall–Kier alpha value is -2.75. The largest absolute Gasteiger partial charge is 0.398 e. The summed E-state index contributed by atoms with van der Waals surface area (Å²) in [5.41, 5.74) is 4.88. The number of halogens is 4. The summed E-state index contributed by atoms with van der Waals surface area (Å²) in [6.45, 7) is 0. The SMILES string of the molecule is N#Cc1ccc(Nc2c(F)c(F)cc(F)c2F)cc1N. The number of rotatable bonds is 2.